The SMILES string of the molecule is CCCOc1ncnc(NC2CCCCC2(C)C)c1N. The highest BCUT2D eigenvalue weighted by molar-refractivity contribution is 5.66. The van der Waals surface area contributed by atoms with E-state index in [2.05, 4.69) is 36.1 Å². The van der Waals surface area contributed by atoms with Crippen molar-refractivity contribution in [1.82, 2.24) is 9.97 Å². The fraction of sp³-hybridized carbons (Fsp3) is 0.733. The third kappa shape index (κ3) is 3.32. The van der Waals surface area contributed by atoms with E-state index in [1.807, 2.05) is 0 Å². The zero-order valence-electron chi connectivity index (χ0n) is 12.8. The van der Waals surface area contributed by atoms with Crippen molar-refractivity contribution in [3.63, 3.8) is 0 Å². The molecule has 112 valence electrons. The summed E-state index contributed by atoms with van der Waals surface area (Å²) in [7, 11) is 0. The Labute approximate surface area is 121 Å². The second kappa shape index (κ2) is 6.29. The monoisotopic (exact) mass is 278 g/mol. The molecule has 2 rings (SSSR count). The third-order valence-corrected chi connectivity index (χ3v) is 4.11. The van der Waals surface area contributed by atoms with Crippen molar-refractivity contribution in [1.29, 1.82) is 0 Å². The topological polar surface area (TPSA) is 73.1 Å². The Kier molecular flexibility index (Phi) is 4.68. The molecule has 1 heterocycles. The lowest BCUT2D eigenvalue weighted by Gasteiger charge is -2.39. The predicted octanol–water partition coefficient (Wildman–Crippen LogP) is 3.23. The van der Waals surface area contributed by atoms with Crippen LogP contribution in [0.2, 0.25) is 0 Å². The van der Waals surface area contributed by atoms with Crippen LogP contribution in [0.25, 0.3) is 0 Å². The Hall–Kier alpha value is -1.52. The van der Waals surface area contributed by atoms with Gasteiger partial charge in [0.25, 0.3) is 0 Å². The molecule has 1 aromatic rings. The first-order valence-electron chi connectivity index (χ1n) is 7.54. The molecular weight excluding hydrogens is 252 g/mol. The largest absolute Gasteiger partial charge is 0.476 e. The standard InChI is InChI=1S/C15H26N4O/c1-4-9-20-14-12(16)13(17-10-18-14)19-11-7-5-6-8-15(11,2)3/h10-11H,4-9,16H2,1-3H3,(H,17,18,19). The molecule has 0 bridgehead atoms. The number of ether oxygens (including phenoxy) is 1. The van der Waals surface area contributed by atoms with Gasteiger partial charge in [-0.3, -0.25) is 0 Å². The summed E-state index contributed by atoms with van der Waals surface area (Å²) in [6, 6.07) is 0.396. The number of nitrogens with zero attached hydrogens (tertiary/aromatic N) is 2. The molecule has 0 radical (unpaired) electrons. The fourth-order valence-corrected chi connectivity index (χ4v) is 2.73. The third-order valence-electron chi connectivity index (χ3n) is 4.11. The number of hydrogen-bond acceptors (Lipinski definition) is 5. The number of rotatable bonds is 5. The van der Waals surface area contributed by atoms with E-state index >= 15 is 0 Å². The zero-order valence-corrected chi connectivity index (χ0v) is 12.8. The van der Waals surface area contributed by atoms with E-state index < -0.39 is 0 Å². The van der Waals surface area contributed by atoms with E-state index in [9.17, 15) is 0 Å². The van der Waals surface area contributed by atoms with Crippen LogP contribution in [-0.4, -0.2) is 22.6 Å². The van der Waals surface area contributed by atoms with Crippen molar-refractivity contribution < 1.29 is 4.74 Å². The number of nitrogens with two attached hydrogens (primary N) is 1. The van der Waals surface area contributed by atoms with Gasteiger partial charge in [0.2, 0.25) is 5.88 Å². The highest BCUT2D eigenvalue weighted by Gasteiger charge is 2.32. The number of nitrogens with one attached hydrogen (secondary N) is 1. The van der Waals surface area contributed by atoms with Gasteiger partial charge in [0.05, 0.1) is 6.61 Å². The molecule has 5 heteroatoms. The van der Waals surface area contributed by atoms with Crippen molar-refractivity contribution in [3.05, 3.63) is 6.33 Å². The number of aromatic nitrogens is 2. The van der Waals surface area contributed by atoms with Gasteiger partial charge in [-0.25, -0.2) is 4.98 Å². The van der Waals surface area contributed by atoms with Gasteiger partial charge in [0.1, 0.15) is 12.0 Å². The van der Waals surface area contributed by atoms with Crippen LogP contribution >= 0.6 is 0 Å². The van der Waals surface area contributed by atoms with Crippen LogP contribution < -0.4 is 15.8 Å². The lowest BCUT2D eigenvalue weighted by molar-refractivity contribution is 0.216. The van der Waals surface area contributed by atoms with E-state index in [-0.39, 0.29) is 5.41 Å². The Balaban J connectivity index is 2.12. The van der Waals surface area contributed by atoms with E-state index in [0.29, 0.717) is 30.0 Å². The summed E-state index contributed by atoms with van der Waals surface area (Å²) in [5, 5.41) is 3.50. The maximum atomic E-state index is 6.12. The minimum Gasteiger partial charge on any atom is -0.476 e. The van der Waals surface area contributed by atoms with Crippen LogP contribution in [0.15, 0.2) is 6.33 Å². The molecule has 3 N–H and O–H groups in total. The first-order chi connectivity index (χ1) is 9.54. The van der Waals surface area contributed by atoms with Gasteiger partial charge >= 0.3 is 0 Å². The van der Waals surface area contributed by atoms with E-state index in [0.717, 1.165) is 12.8 Å². The molecule has 0 aliphatic heterocycles. The van der Waals surface area contributed by atoms with Gasteiger partial charge < -0.3 is 15.8 Å². The number of nitrogen functional groups attached to an aromatic ring is 1. The van der Waals surface area contributed by atoms with Gasteiger partial charge in [0, 0.05) is 6.04 Å². The van der Waals surface area contributed by atoms with Crippen LogP contribution in [0.4, 0.5) is 11.5 Å². The lowest BCUT2D eigenvalue weighted by Crippen LogP contribution is -2.39. The second-order valence-electron chi connectivity index (χ2n) is 6.22. The molecule has 20 heavy (non-hydrogen) atoms. The molecule has 0 spiro atoms. The summed E-state index contributed by atoms with van der Waals surface area (Å²) in [6.07, 6.45) is 7.39. The molecule has 0 saturated heterocycles. The number of anilines is 2. The average molecular weight is 278 g/mol. The highest BCUT2D eigenvalue weighted by Crippen LogP contribution is 2.38. The molecule has 1 saturated carbocycles. The molecule has 1 aliphatic rings. The molecule has 0 amide bonds. The Morgan fingerprint density at radius 3 is 2.90 bits per heavy atom. The quantitative estimate of drug-likeness (QED) is 0.865. The van der Waals surface area contributed by atoms with Gasteiger partial charge in [0.15, 0.2) is 5.82 Å². The molecule has 0 aromatic carbocycles. The fourth-order valence-electron chi connectivity index (χ4n) is 2.73. The van der Waals surface area contributed by atoms with Gasteiger partial charge in [-0.05, 0) is 24.7 Å². The summed E-state index contributed by atoms with van der Waals surface area (Å²) in [4.78, 5) is 8.39. The molecule has 5 nitrogen and oxygen atoms in total. The van der Waals surface area contributed by atoms with Crippen LogP contribution in [0, 0.1) is 5.41 Å². The van der Waals surface area contributed by atoms with Crippen LogP contribution in [0.1, 0.15) is 52.9 Å². The summed E-state index contributed by atoms with van der Waals surface area (Å²) in [5.74, 6) is 1.18. The van der Waals surface area contributed by atoms with E-state index in [1.165, 1.54) is 25.6 Å². The van der Waals surface area contributed by atoms with Gasteiger partial charge in [-0.1, -0.05) is 33.6 Å². The predicted molar refractivity (Wildman–Crippen MR) is 81.9 cm³/mol. The van der Waals surface area contributed by atoms with Crippen LogP contribution in [-0.2, 0) is 0 Å². The van der Waals surface area contributed by atoms with Crippen molar-refractivity contribution in [2.45, 2.75) is 58.9 Å². The maximum Gasteiger partial charge on any atom is 0.242 e. The molecule has 1 atom stereocenters. The Bertz CT molecular complexity index is 447. The molecule has 1 aromatic heterocycles. The summed E-state index contributed by atoms with van der Waals surface area (Å²) < 4.78 is 5.55. The molecule has 1 aliphatic carbocycles. The molecular formula is C15H26N4O. The van der Waals surface area contributed by atoms with Crippen molar-refractivity contribution in [2.24, 2.45) is 5.41 Å². The second-order valence-corrected chi connectivity index (χ2v) is 6.22. The van der Waals surface area contributed by atoms with Crippen molar-refractivity contribution in [2.75, 3.05) is 17.7 Å². The van der Waals surface area contributed by atoms with Gasteiger partial charge in [-0.2, -0.15) is 4.98 Å². The normalized spacial score (nSPS) is 21.4. The summed E-state index contributed by atoms with van der Waals surface area (Å²) in [6.45, 7) is 7.28. The zero-order chi connectivity index (χ0) is 14.6. The van der Waals surface area contributed by atoms with Crippen LogP contribution in [0.5, 0.6) is 5.88 Å². The molecule has 1 unspecified atom stereocenters. The number of hydrogen-bond donors (Lipinski definition) is 2. The van der Waals surface area contributed by atoms with Crippen LogP contribution in [0.3, 0.4) is 0 Å². The first kappa shape index (κ1) is 14.9. The minimum absolute atomic E-state index is 0.264. The summed E-state index contributed by atoms with van der Waals surface area (Å²) in [5.41, 5.74) is 6.90. The van der Waals surface area contributed by atoms with Crippen molar-refractivity contribution in [3.8, 4) is 5.88 Å². The average Bonchev–Trinajstić information content (AvgIpc) is 2.42. The first-order valence-corrected chi connectivity index (χ1v) is 7.54. The minimum atomic E-state index is 0.264. The van der Waals surface area contributed by atoms with Gasteiger partial charge in [-0.15, -0.1) is 0 Å². The summed E-state index contributed by atoms with van der Waals surface area (Å²) >= 11 is 0. The van der Waals surface area contributed by atoms with E-state index in [4.69, 9.17) is 10.5 Å². The lowest BCUT2D eigenvalue weighted by atomic mass is 9.73. The van der Waals surface area contributed by atoms with Crippen molar-refractivity contribution >= 4 is 11.5 Å². The Morgan fingerprint density at radius 2 is 2.20 bits per heavy atom. The smallest absolute Gasteiger partial charge is 0.242 e. The Morgan fingerprint density at radius 1 is 1.40 bits per heavy atom. The maximum absolute atomic E-state index is 6.12. The highest BCUT2D eigenvalue weighted by atomic mass is 16.5. The molecule has 1 fully saturated rings. The van der Waals surface area contributed by atoms with E-state index in [1.54, 1.807) is 0 Å².